The van der Waals surface area contributed by atoms with Gasteiger partial charge in [0.1, 0.15) is 11.6 Å². The number of nitriles is 1. The van der Waals surface area contributed by atoms with Crippen LogP contribution < -0.4 is 5.32 Å². The van der Waals surface area contributed by atoms with E-state index in [1.54, 1.807) is 30.3 Å². The lowest BCUT2D eigenvalue weighted by atomic mass is 10.1. The van der Waals surface area contributed by atoms with Gasteiger partial charge in [-0.05, 0) is 42.8 Å². The monoisotopic (exact) mass is 413 g/mol. The molecule has 1 aromatic heterocycles. The predicted octanol–water partition coefficient (Wildman–Crippen LogP) is 5.97. The second kappa shape index (κ2) is 8.36. The molecule has 0 fully saturated rings. The fourth-order valence-electron chi connectivity index (χ4n) is 2.39. The minimum absolute atomic E-state index is 0.0190. The number of anilines is 1. The van der Waals surface area contributed by atoms with Crippen molar-refractivity contribution in [3.05, 3.63) is 74.6 Å². The zero-order chi connectivity index (χ0) is 19.4. The molecule has 4 nitrogen and oxygen atoms in total. The van der Waals surface area contributed by atoms with Gasteiger partial charge in [0, 0.05) is 20.5 Å². The van der Waals surface area contributed by atoms with Crippen LogP contribution >= 0.6 is 34.5 Å². The Hall–Kier alpha value is -2.65. The lowest BCUT2D eigenvalue weighted by Gasteiger charge is -2.01. The van der Waals surface area contributed by atoms with Crippen LogP contribution in [0.1, 0.15) is 10.4 Å². The van der Waals surface area contributed by atoms with Crippen LogP contribution in [0.2, 0.25) is 10.0 Å². The summed E-state index contributed by atoms with van der Waals surface area (Å²) in [4.78, 5) is 17.9. The quantitative estimate of drug-likeness (QED) is 0.423. The molecule has 0 radical (unpaired) electrons. The average Bonchev–Trinajstić information content (AvgIpc) is 3.01. The molecule has 2 aromatic carbocycles. The third-order valence-electron chi connectivity index (χ3n) is 3.66. The predicted molar refractivity (Wildman–Crippen MR) is 111 cm³/mol. The van der Waals surface area contributed by atoms with Crippen molar-refractivity contribution in [1.29, 1.82) is 5.26 Å². The molecule has 0 aliphatic carbocycles. The summed E-state index contributed by atoms with van der Waals surface area (Å²) in [6.07, 6.45) is 1.50. The van der Waals surface area contributed by atoms with Crippen LogP contribution in [-0.2, 0) is 4.79 Å². The minimum Gasteiger partial charge on any atom is -0.297 e. The Morgan fingerprint density at radius 2 is 1.93 bits per heavy atom. The van der Waals surface area contributed by atoms with Crippen molar-refractivity contribution in [3.63, 3.8) is 0 Å². The Kier molecular flexibility index (Phi) is 5.92. The van der Waals surface area contributed by atoms with Gasteiger partial charge in [0.15, 0.2) is 5.13 Å². The normalized spacial score (nSPS) is 11.1. The first-order valence-electron chi connectivity index (χ1n) is 7.88. The Bertz CT molecular complexity index is 1070. The van der Waals surface area contributed by atoms with Gasteiger partial charge in [-0.25, -0.2) is 4.98 Å². The van der Waals surface area contributed by atoms with Crippen LogP contribution in [-0.4, -0.2) is 10.9 Å². The van der Waals surface area contributed by atoms with Gasteiger partial charge in [-0.15, -0.1) is 11.3 Å². The summed E-state index contributed by atoms with van der Waals surface area (Å²) < 4.78 is 0. The Morgan fingerprint density at radius 3 is 2.59 bits per heavy atom. The summed E-state index contributed by atoms with van der Waals surface area (Å²) >= 11 is 13.2. The van der Waals surface area contributed by atoms with E-state index < -0.39 is 5.91 Å². The molecule has 27 heavy (non-hydrogen) atoms. The van der Waals surface area contributed by atoms with Crippen molar-refractivity contribution < 1.29 is 4.79 Å². The van der Waals surface area contributed by atoms with E-state index >= 15 is 0 Å². The van der Waals surface area contributed by atoms with Gasteiger partial charge in [0.05, 0.1) is 5.69 Å². The summed E-state index contributed by atoms with van der Waals surface area (Å²) in [6.45, 7) is 1.91. The van der Waals surface area contributed by atoms with Gasteiger partial charge in [0.2, 0.25) is 0 Å². The summed E-state index contributed by atoms with van der Waals surface area (Å²) in [6, 6.07) is 16.1. The number of benzene rings is 2. The summed E-state index contributed by atoms with van der Waals surface area (Å²) in [5.74, 6) is -0.515. The van der Waals surface area contributed by atoms with Crippen molar-refractivity contribution in [2.45, 2.75) is 6.92 Å². The highest BCUT2D eigenvalue weighted by Gasteiger charge is 2.15. The average molecular weight is 414 g/mol. The number of halogens is 2. The first-order chi connectivity index (χ1) is 13.0. The highest BCUT2D eigenvalue weighted by molar-refractivity contribution is 7.16. The number of carbonyl (C=O) groups excluding carboxylic acids is 1. The fraction of sp³-hybridized carbons (Fsp3) is 0.0500. The summed E-state index contributed by atoms with van der Waals surface area (Å²) in [5.41, 5.74) is 2.31. The molecule has 0 saturated heterocycles. The van der Waals surface area contributed by atoms with Crippen molar-refractivity contribution in [2.24, 2.45) is 0 Å². The standard InChI is InChI=1S/C20H13Cl2N3OS/c1-12-18(14-3-2-4-17(22)10-14)24-20(27-12)25-19(26)15(11-23)9-13-5-7-16(21)8-6-13/h2-10H,1H3,(H,24,25,26)/b15-9+. The minimum atomic E-state index is -0.515. The SMILES string of the molecule is Cc1sc(NC(=O)/C(C#N)=C/c2ccc(Cl)cc2)nc1-c1cccc(Cl)c1. The van der Waals surface area contributed by atoms with Gasteiger partial charge in [-0.1, -0.05) is 47.5 Å². The molecule has 0 aliphatic heterocycles. The van der Waals surface area contributed by atoms with Crippen molar-refractivity contribution in [1.82, 2.24) is 4.98 Å². The van der Waals surface area contributed by atoms with E-state index in [4.69, 9.17) is 23.2 Å². The Labute approximate surface area is 170 Å². The maximum atomic E-state index is 12.4. The number of aryl methyl sites for hydroxylation is 1. The van der Waals surface area contributed by atoms with E-state index in [1.807, 2.05) is 31.2 Å². The zero-order valence-electron chi connectivity index (χ0n) is 14.2. The number of nitrogens with one attached hydrogen (secondary N) is 1. The van der Waals surface area contributed by atoms with E-state index in [0.29, 0.717) is 20.7 Å². The van der Waals surface area contributed by atoms with Crippen molar-refractivity contribution >= 4 is 51.7 Å². The van der Waals surface area contributed by atoms with Crippen LogP contribution in [0.25, 0.3) is 17.3 Å². The Morgan fingerprint density at radius 1 is 1.19 bits per heavy atom. The third-order valence-corrected chi connectivity index (χ3v) is 5.03. The number of carbonyl (C=O) groups is 1. The molecule has 7 heteroatoms. The van der Waals surface area contributed by atoms with Crippen molar-refractivity contribution in [2.75, 3.05) is 5.32 Å². The molecule has 1 amide bonds. The zero-order valence-corrected chi connectivity index (χ0v) is 16.5. The van der Waals surface area contributed by atoms with E-state index in [2.05, 4.69) is 10.3 Å². The van der Waals surface area contributed by atoms with E-state index in [9.17, 15) is 10.1 Å². The molecule has 3 aromatic rings. The van der Waals surface area contributed by atoms with Gasteiger partial charge in [-0.3, -0.25) is 10.1 Å². The van der Waals surface area contributed by atoms with Crippen LogP contribution in [0.3, 0.4) is 0 Å². The van der Waals surface area contributed by atoms with Gasteiger partial charge in [-0.2, -0.15) is 5.26 Å². The first-order valence-corrected chi connectivity index (χ1v) is 9.45. The molecule has 0 saturated carbocycles. The number of rotatable bonds is 4. The highest BCUT2D eigenvalue weighted by Crippen LogP contribution is 2.31. The lowest BCUT2D eigenvalue weighted by molar-refractivity contribution is -0.112. The number of hydrogen-bond acceptors (Lipinski definition) is 4. The molecule has 1 heterocycles. The van der Waals surface area contributed by atoms with Gasteiger partial charge in [0.25, 0.3) is 5.91 Å². The van der Waals surface area contributed by atoms with Gasteiger partial charge < -0.3 is 0 Å². The molecular weight excluding hydrogens is 401 g/mol. The van der Waals surface area contributed by atoms with E-state index in [0.717, 1.165) is 16.1 Å². The highest BCUT2D eigenvalue weighted by atomic mass is 35.5. The molecule has 0 aliphatic rings. The molecule has 0 unspecified atom stereocenters. The van der Waals surface area contributed by atoms with Gasteiger partial charge >= 0.3 is 0 Å². The molecule has 0 bridgehead atoms. The van der Waals surface area contributed by atoms with Crippen molar-refractivity contribution in [3.8, 4) is 17.3 Å². The molecule has 3 rings (SSSR count). The van der Waals surface area contributed by atoms with E-state index in [1.165, 1.54) is 17.4 Å². The summed E-state index contributed by atoms with van der Waals surface area (Å²) in [5, 5.41) is 13.6. The molecule has 0 atom stereocenters. The first kappa shape index (κ1) is 19.1. The van der Waals surface area contributed by atoms with Crippen LogP contribution in [0.5, 0.6) is 0 Å². The maximum absolute atomic E-state index is 12.4. The number of amides is 1. The molecule has 1 N–H and O–H groups in total. The third kappa shape index (κ3) is 4.75. The Balaban J connectivity index is 1.82. The lowest BCUT2D eigenvalue weighted by Crippen LogP contribution is -2.13. The molecular formula is C20H13Cl2N3OS. The number of nitrogens with zero attached hydrogens (tertiary/aromatic N) is 2. The number of thiazole rings is 1. The smallest absolute Gasteiger partial charge is 0.268 e. The largest absolute Gasteiger partial charge is 0.297 e. The second-order valence-electron chi connectivity index (χ2n) is 5.61. The maximum Gasteiger partial charge on any atom is 0.268 e. The summed E-state index contributed by atoms with van der Waals surface area (Å²) in [7, 11) is 0. The van der Waals surface area contributed by atoms with E-state index in [-0.39, 0.29) is 5.57 Å². The molecule has 134 valence electrons. The number of hydrogen-bond donors (Lipinski definition) is 1. The topological polar surface area (TPSA) is 65.8 Å². The van der Waals surface area contributed by atoms with Crippen LogP contribution in [0, 0.1) is 18.3 Å². The van der Waals surface area contributed by atoms with Crippen LogP contribution in [0.4, 0.5) is 5.13 Å². The van der Waals surface area contributed by atoms with Crippen LogP contribution in [0.15, 0.2) is 54.1 Å². The fourth-order valence-corrected chi connectivity index (χ4v) is 3.54. The second-order valence-corrected chi connectivity index (χ2v) is 7.69. The number of aromatic nitrogens is 1. The molecule has 0 spiro atoms.